The zero-order valence-corrected chi connectivity index (χ0v) is 13.8. The Kier molecular flexibility index (Phi) is 3.89. The molecule has 0 bridgehead atoms. The molecule has 0 spiro atoms. The van der Waals surface area contributed by atoms with Crippen molar-refractivity contribution in [2.24, 2.45) is 7.05 Å². The van der Waals surface area contributed by atoms with Crippen molar-refractivity contribution in [1.29, 1.82) is 0 Å². The van der Waals surface area contributed by atoms with Gasteiger partial charge in [0, 0.05) is 26.0 Å². The molecule has 1 saturated heterocycles. The van der Waals surface area contributed by atoms with Gasteiger partial charge in [0.05, 0.1) is 17.1 Å². The molecule has 4 rings (SSSR count). The van der Waals surface area contributed by atoms with E-state index in [1.165, 1.54) is 4.57 Å². The number of ether oxygens (including phenoxy) is 1. The lowest BCUT2D eigenvalue weighted by atomic mass is 10.1. The first-order chi connectivity index (χ1) is 12.1. The molecule has 2 atom stereocenters. The van der Waals surface area contributed by atoms with E-state index in [4.69, 9.17) is 4.74 Å². The van der Waals surface area contributed by atoms with Gasteiger partial charge in [0.2, 0.25) is 5.91 Å². The number of para-hydroxylation sites is 2. The van der Waals surface area contributed by atoms with Crippen LogP contribution in [0.25, 0.3) is 11.0 Å². The predicted octanol–water partition coefficient (Wildman–Crippen LogP) is 0.710. The van der Waals surface area contributed by atoms with E-state index >= 15 is 0 Å². The third-order valence-corrected chi connectivity index (χ3v) is 4.53. The molecule has 2 aromatic heterocycles. The van der Waals surface area contributed by atoms with Crippen molar-refractivity contribution >= 4 is 16.9 Å². The van der Waals surface area contributed by atoms with Crippen LogP contribution in [0.4, 0.5) is 0 Å². The van der Waals surface area contributed by atoms with Crippen LogP contribution in [0.1, 0.15) is 18.3 Å². The number of hydrogen-bond donors (Lipinski definition) is 2. The molecule has 0 saturated carbocycles. The molecule has 1 aliphatic rings. The summed E-state index contributed by atoms with van der Waals surface area (Å²) in [5.41, 5.74) is 1.14. The third kappa shape index (κ3) is 2.85. The molecular formula is C17H19N5O3. The SMILES string of the molecule is Cn1ccnc1[C@H]1OCC[C@@H]1NC(=O)Cn1c(=O)[nH]c2ccccc21. The van der Waals surface area contributed by atoms with E-state index in [1.54, 1.807) is 6.20 Å². The molecule has 0 radical (unpaired) electrons. The minimum Gasteiger partial charge on any atom is -0.368 e. The highest BCUT2D eigenvalue weighted by atomic mass is 16.5. The lowest BCUT2D eigenvalue weighted by Gasteiger charge is -2.19. The van der Waals surface area contributed by atoms with Crippen LogP contribution in [0, 0.1) is 0 Å². The largest absolute Gasteiger partial charge is 0.368 e. The summed E-state index contributed by atoms with van der Waals surface area (Å²) in [7, 11) is 1.90. The number of imidazole rings is 2. The molecule has 1 amide bonds. The topological polar surface area (TPSA) is 93.9 Å². The number of benzene rings is 1. The first-order valence-electron chi connectivity index (χ1n) is 8.19. The van der Waals surface area contributed by atoms with Gasteiger partial charge in [-0.25, -0.2) is 9.78 Å². The fraction of sp³-hybridized carbons (Fsp3) is 0.353. The summed E-state index contributed by atoms with van der Waals surface area (Å²) >= 11 is 0. The molecule has 1 aromatic carbocycles. The molecule has 1 aliphatic heterocycles. The Morgan fingerprint density at radius 2 is 2.28 bits per heavy atom. The second kappa shape index (κ2) is 6.21. The molecule has 0 unspecified atom stereocenters. The maximum Gasteiger partial charge on any atom is 0.326 e. The normalized spacial score (nSPS) is 20.2. The fourth-order valence-electron chi connectivity index (χ4n) is 3.30. The molecule has 3 aromatic rings. The highest BCUT2D eigenvalue weighted by molar-refractivity contribution is 5.80. The fourth-order valence-corrected chi connectivity index (χ4v) is 3.30. The molecule has 25 heavy (non-hydrogen) atoms. The van der Waals surface area contributed by atoms with Gasteiger partial charge in [-0.15, -0.1) is 0 Å². The van der Waals surface area contributed by atoms with E-state index in [0.29, 0.717) is 18.5 Å². The highest BCUT2D eigenvalue weighted by Crippen LogP contribution is 2.27. The van der Waals surface area contributed by atoms with Crippen LogP contribution < -0.4 is 11.0 Å². The van der Waals surface area contributed by atoms with Gasteiger partial charge in [0.15, 0.2) is 0 Å². The van der Waals surface area contributed by atoms with Gasteiger partial charge in [0.25, 0.3) is 0 Å². The van der Waals surface area contributed by atoms with Gasteiger partial charge in [-0.2, -0.15) is 0 Å². The summed E-state index contributed by atoms with van der Waals surface area (Å²) in [6.07, 6.45) is 4.00. The molecule has 1 fully saturated rings. The monoisotopic (exact) mass is 341 g/mol. The molecule has 8 nitrogen and oxygen atoms in total. The molecule has 0 aliphatic carbocycles. The summed E-state index contributed by atoms with van der Waals surface area (Å²) in [5.74, 6) is 0.564. The Morgan fingerprint density at radius 1 is 1.44 bits per heavy atom. The quantitative estimate of drug-likeness (QED) is 0.731. The molecular weight excluding hydrogens is 322 g/mol. The van der Waals surface area contributed by atoms with E-state index in [9.17, 15) is 9.59 Å². The van der Waals surface area contributed by atoms with Gasteiger partial charge in [-0.3, -0.25) is 9.36 Å². The van der Waals surface area contributed by atoms with Crippen LogP contribution >= 0.6 is 0 Å². The maximum atomic E-state index is 12.5. The number of carbonyl (C=O) groups is 1. The van der Waals surface area contributed by atoms with Gasteiger partial charge in [-0.05, 0) is 18.6 Å². The number of aromatic nitrogens is 4. The van der Waals surface area contributed by atoms with Crippen molar-refractivity contribution in [3.63, 3.8) is 0 Å². The van der Waals surface area contributed by atoms with E-state index in [0.717, 1.165) is 11.3 Å². The number of amides is 1. The average Bonchev–Trinajstić information content (AvgIpc) is 3.28. The second-order valence-corrected chi connectivity index (χ2v) is 6.18. The Labute approximate surface area is 143 Å². The molecule has 8 heteroatoms. The van der Waals surface area contributed by atoms with Crippen molar-refractivity contribution in [2.75, 3.05) is 6.61 Å². The van der Waals surface area contributed by atoms with Crippen molar-refractivity contribution in [2.45, 2.75) is 25.1 Å². The Bertz CT molecular complexity index is 970. The number of nitrogens with zero attached hydrogens (tertiary/aromatic N) is 3. The number of carbonyl (C=O) groups excluding carboxylic acids is 1. The van der Waals surface area contributed by atoms with Crippen molar-refractivity contribution in [1.82, 2.24) is 24.4 Å². The van der Waals surface area contributed by atoms with Crippen LogP contribution in [0.5, 0.6) is 0 Å². The highest BCUT2D eigenvalue weighted by Gasteiger charge is 2.33. The van der Waals surface area contributed by atoms with Crippen LogP contribution in [-0.2, 0) is 23.1 Å². The molecule has 130 valence electrons. The van der Waals surface area contributed by atoms with E-state index in [-0.39, 0.29) is 30.3 Å². The van der Waals surface area contributed by atoms with Crippen molar-refractivity contribution in [3.8, 4) is 0 Å². The van der Waals surface area contributed by atoms with Gasteiger partial charge in [0.1, 0.15) is 18.5 Å². The van der Waals surface area contributed by atoms with Crippen molar-refractivity contribution < 1.29 is 9.53 Å². The minimum absolute atomic E-state index is 0.0351. The number of hydrogen-bond acceptors (Lipinski definition) is 4. The maximum absolute atomic E-state index is 12.5. The van der Waals surface area contributed by atoms with Crippen LogP contribution in [0.3, 0.4) is 0 Å². The van der Waals surface area contributed by atoms with Gasteiger partial charge >= 0.3 is 5.69 Å². The standard InChI is InChI=1S/C17H19N5O3/c1-21-8-7-18-16(21)15-12(6-9-25-15)19-14(23)10-22-13-5-3-2-4-11(13)20-17(22)24/h2-5,7-8,12,15H,6,9-10H2,1H3,(H,19,23)(H,20,24)/t12-,15-/m0/s1. The van der Waals surface area contributed by atoms with Crippen molar-refractivity contribution in [3.05, 3.63) is 53.0 Å². The first-order valence-corrected chi connectivity index (χ1v) is 8.19. The van der Waals surface area contributed by atoms with E-state index in [2.05, 4.69) is 15.3 Å². The summed E-state index contributed by atoms with van der Waals surface area (Å²) in [6, 6.07) is 7.15. The Hall–Kier alpha value is -2.87. The molecule has 2 N–H and O–H groups in total. The van der Waals surface area contributed by atoms with E-state index in [1.807, 2.05) is 42.1 Å². The lowest BCUT2D eigenvalue weighted by Crippen LogP contribution is -2.40. The van der Waals surface area contributed by atoms with Gasteiger partial charge < -0.3 is 19.6 Å². The van der Waals surface area contributed by atoms with Crippen LogP contribution in [0.2, 0.25) is 0 Å². The summed E-state index contributed by atoms with van der Waals surface area (Å²) in [5, 5.41) is 2.98. The number of aromatic amines is 1. The summed E-state index contributed by atoms with van der Waals surface area (Å²) in [4.78, 5) is 31.7. The minimum atomic E-state index is -0.292. The van der Waals surface area contributed by atoms with Gasteiger partial charge in [-0.1, -0.05) is 12.1 Å². The average molecular weight is 341 g/mol. The third-order valence-electron chi connectivity index (χ3n) is 4.53. The predicted molar refractivity (Wildman–Crippen MR) is 91.0 cm³/mol. The summed E-state index contributed by atoms with van der Waals surface area (Å²) in [6.45, 7) is 0.530. The van der Waals surface area contributed by atoms with E-state index < -0.39 is 0 Å². The zero-order valence-electron chi connectivity index (χ0n) is 13.8. The number of aryl methyl sites for hydroxylation is 1. The number of fused-ring (bicyclic) bond motifs is 1. The second-order valence-electron chi connectivity index (χ2n) is 6.18. The summed E-state index contributed by atoms with van der Waals surface area (Å²) < 4.78 is 9.08. The van der Waals surface area contributed by atoms with Crippen LogP contribution in [0.15, 0.2) is 41.5 Å². The smallest absolute Gasteiger partial charge is 0.326 e. The van der Waals surface area contributed by atoms with Crippen LogP contribution in [-0.4, -0.2) is 37.7 Å². The number of rotatable bonds is 4. The lowest BCUT2D eigenvalue weighted by molar-refractivity contribution is -0.122. The number of H-pyrrole nitrogens is 1. The first kappa shape index (κ1) is 15.6. The number of nitrogens with one attached hydrogen (secondary N) is 2. The molecule has 3 heterocycles. The zero-order chi connectivity index (χ0) is 17.4. The Morgan fingerprint density at radius 3 is 3.08 bits per heavy atom. The Balaban J connectivity index is 1.51.